The standard InChI is InChI=1S/C6H10F6NO2P/c1-13-4-16(14-2-5(7,8)9)15-3-6(10,11)12/h13H,2-4H2,1H3. The van der Waals surface area contributed by atoms with E-state index in [1.54, 1.807) is 0 Å². The van der Waals surface area contributed by atoms with E-state index in [1.807, 2.05) is 0 Å². The van der Waals surface area contributed by atoms with Gasteiger partial charge < -0.3 is 14.4 Å². The zero-order valence-corrected chi connectivity index (χ0v) is 9.05. The maximum atomic E-state index is 11.7. The molecule has 0 saturated carbocycles. The molecule has 0 aliphatic heterocycles. The van der Waals surface area contributed by atoms with Crippen molar-refractivity contribution in [1.29, 1.82) is 0 Å². The Bertz CT molecular complexity index is 178. The summed E-state index contributed by atoms with van der Waals surface area (Å²) in [6.45, 7) is -3.25. The van der Waals surface area contributed by atoms with E-state index in [0.29, 0.717) is 0 Å². The van der Waals surface area contributed by atoms with Gasteiger partial charge in [-0.25, -0.2) is 0 Å². The number of rotatable bonds is 6. The van der Waals surface area contributed by atoms with E-state index in [1.165, 1.54) is 7.05 Å². The maximum Gasteiger partial charge on any atom is 0.412 e. The van der Waals surface area contributed by atoms with Gasteiger partial charge in [0, 0.05) is 0 Å². The first kappa shape index (κ1) is 15.9. The molecule has 0 aliphatic rings. The van der Waals surface area contributed by atoms with E-state index in [0.717, 1.165) is 0 Å². The Kier molecular flexibility index (Phi) is 6.54. The minimum absolute atomic E-state index is 0.207. The van der Waals surface area contributed by atoms with Crippen molar-refractivity contribution in [1.82, 2.24) is 5.32 Å². The summed E-state index contributed by atoms with van der Waals surface area (Å²) in [6.07, 6.45) is -9.38. The van der Waals surface area contributed by atoms with Crippen LogP contribution in [-0.4, -0.2) is 38.9 Å². The number of hydrogen-bond donors (Lipinski definition) is 1. The first-order valence-corrected chi connectivity index (χ1v) is 5.32. The molecular formula is C6H10F6NO2P. The average Bonchev–Trinajstić information content (AvgIpc) is 2.07. The Morgan fingerprint density at radius 2 is 1.31 bits per heavy atom. The molecular weight excluding hydrogens is 263 g/mol. The van der Waals surface area contributed by atoms with Gasteiger partial charge in [0.1, 0.15) is 13.2 Å². The highest BCUT2D eigenvalue weighted by molar-refractivity contribution is 7.47. The summed E-state index contributed by atoms with van der Waals surface area (Å²) in [5.41, 5.74) is 0. The van der Waals surface area contributed by atoms with E-state index in [4.69, 9.17) is 0 Å². The third kappa shape index (κ3) is 10.4. The highest BCUT2D eigenvalue weighted by Crippen LogP contribution is 2.40. The summed E-state index contributed by atoms with van der Waals surface area (Å²) in [6, 6.07) is 0. The van der Waals surface area contributed by atoms with Gasteiger partial charge in [-0.05, 0) is 7.05 Å². The smallest absolute Gasteiger partial charge is 0.324 e. The van der Waals surface area contributed by atoms with Gasteiger partial charge in [-0.3, -0.25) is 0 Å². The quantitative estimate of drug-likeness (QED) is 0.596. The van der Waals surface area contributed by atoms with Crippen molar-refractivity contribution in [2.75, 3.05) is 26.5 Å². The van der Waals surface area contributed by atoms with Gasteiger partial charge in [-0.15, -0.1) is 0 Å². The van der Waals surface area contributed by atoms with Crippen LogP contribution in [0.25, 0.3) is 0 Å². The molecule has 0 aromatic heterocycles. The summed E-state index contributed by atoms with van der Waals surface area (Å²) >= 11 is 0. The Balaban J connectivity index is 3.98. The normalized spacial score (nSPS) is 13.5. The zero-order valence-electron chi connectivity index (χ0n) is 8.15. The molecule has 10 heteroatoms. The Morgan fingerprint density at radius 3 is 1.56 bits per heavy atom. The van der Waals surface area contributed by atoms with Crippen LogP contribution in [0.1, 0.15) is 0 Å². The fraction of sp³-hybridized carbons (Fsp3) is 1.00. The molecule has 0 rings (SSSR count). The molecule has 0 amide bonds. The van der Waals surface area contributed by atoms with Gasteiger partial charge in [0.2, 0.25) is 0 Å². The lowest BCUT2D eigenvalue weighted by atomic mass is 10.7. The molecule has 0 fully saturated rings. The van der Waals surface area contributed by atoms with Crippen LogP contribution in [0.3, 0.4) is 0 Å². The van der Waals surface area contributed by atoms with Gasteiger partial charge in [0.25, 0.3) is 0 Å². The Morgan fingerprint density at radius 1 is 0.938 bits per heavy atom. The van der Waals surface area contributed by atoms with E-state index in [-0.39, 0.29) is 6.29 Å². The average molecular weight is 273 g/mol. The summed E-state index contributed by atoms with van der Waals surface area (Å²) in [5.74, 6) is 0. The van der Waals surface area contributed by atoms with Crippen LogP contribution in [0.5, 0.6) is 0 Å². The molecule has 1 N–H and O–H groups in total. The second-order valence-electron chi connectivity index (χ2n) is 2.62. The van der Waals surface area contributed by atoms with E-state index < -0.39 is 33.9 Å². The van der Waals surface area contributed by atoms with Gasteiger partial charge >= 0.3 is 12.4 Å². The first-order chi connectivity index (χ1) is 7.14. The molecule has 0 bridgehead atoms. The monoisotopic (exact) mass is 273 g/mol. The topological polar surface area (TPSA) is 30.5 Å². The van der Waals surface area contributed by atoms with E-state index in [9.17, 15) is 26.3 Å². The molecule has 98 valence electrons. The largest absolute Gasteiger partial charge is 0.412 e. The molecule has 0 aromatic carbocycles. The predicted molar refractivity (Wildman–Crippen MR) is 44.9 cm³/mol. The van der Waals surface area contributed by atoms with Gasteiger partial charge in [0.15, 0.2) is 8.38 Å². The van der Waals surface area contributed by atoms with Crippen LogP contribution in [0.15, 0.2) is 0 Å². The zero-order chi connectivity index (χ0) is 12.8. The predicted octanol–water partition coefficient (Wildman–Crippen LogP) is 2.63. The molecule has 0 aliphatic carbocycles. The fourth-order valence-electron chi connectivity index (χ4n) is 0.548. The van der Waals surface area contributed by atoms with Crippen molar-refractivity contribution in [2.45, 2.75) is 12.4 Å². The molecule has 0 atom stereocenters. The van der Waals surface area contributed by atoms with E-state index >= 15 is 0 Å². The van der Waals surface area contributed by atoms with Crippen LogP contribution in [0.4, 0.5) is 26.3 Å². The Hall–Kier alpha value is -0.110. The SMILES string of the molecule is CNCP(OCC(F)(F)F)OCC(F)(F)F. The number of hydrogen-bond acceptors (Lipinski definition) is 3. The van der Waals surface area contributed by atoms with Crippen molar-refractivity contribution < 1.29 is 35.4 Å². The third-order valence-corrected chi connectivity index (χ3v) is 2.44. The lowest BCUT2D eigenvalue weighted by Gasteiger charge is -2.18. The second-order valence-corrected chi connectivity index (χ2v) is 4.12. The molecule has 0 heterocycles. The van der Waals surface area contributed by atoms with Crippen LogP contribution in [0, 0.1) is 0 Å². The summed E-state index contributed by atoms with van der Waals surface area (Å²) in [4.78, 5) is 0. The van der Waals surface area contributed by atoms with Crippen molar-refractivity contribution >= 4 is 8.38 Å². The second kappa shape index (κ2) is 6.58. The number of halogens is 6. The summed E-state index contributed by atoms with van der Waals surface area (Å²) in [5, 5.41) is 2.38. The summed E-state index contributed by atoms with van der Waals surface area (Å²) in [7, 11) is -0.876. The van der Waals surface area contributed by atoms with E-state index in [2.05, 4.69) is 14.4 Å². The lowest BCUT2D eigenvalue weighted by molar-refractivity contribution is -0.162. The van der Waals surface area contributed by atoms with Crippen molar-refractivity contribution in [3.63, 3.8) is 0 Å². The van der Waals surface area contributed by atoms with Gasteiger partial charge in [-0.1, -0.05) is 0 Å². The summed E-state index contributed by atoms with van der Waals surface area (Å²) < 4.78 is 78.7. The van der Waals surface area contributed by atoms with Crippen LogP contribution in [-0.2, 0) is 9.05 Å². The van der Waals surface area contributed by atoms with Crippen LogP contribution in [0.2, 0.25) is 0 Å². The fourth-order valence-corrected chi connectivity index (χ4v) is 1.64. The highest BCUT2D eigenvalue weighted by Gasteiger charge is 2.33. The molecule has 0 radical (unpaired) electrons. The number of alkyl halides is 6. The highest BCUT2D eigenvalue weighted by atomic mass is 31.2. The van der Waals surface area contributed by atoms with Crippen LogP contribution < -0.4 is 5.32 Å². The molecule has 3 nitrogen and oxygen atoms in total. The van der Waals surface area contributed by atoms with Gasteiger partial charge in [0.05, 0.1) is 6.29 Å². The molecule has 16 heavy (non-hydrogen) atoms. The van der Waals surface area contributed by atoms with Gasteiger partial charge in [-0.2, -0.15) is 26.3 Å². The van der Waals surface area contributed by atoms with Crippen LogP contribution >= 0.6 is 8.38 Å². The maximum absolute atomic E-state index is 11.7. The third-order valence-electron chi connectivity index (χ3n) is 1.03. The molecule has 0 saturated heterocycles. The minimum atomic E-state index is -4.59. The van der Waals surface area contributed by atoms with Crippen molar-refractivity contribution in [3.8, 4) is 0 Å². The first-order valence-electron chi connectivity index (χ1n) is 3.95. The molecule has 0 unspecified atom stereocenters. The van der Waals surface area contributed by atoms with Crippen molar-refractivity contribution in [3.05, 3.63) is 0 Å². The minimum Gasteiger partial charge on any atom is -0.324 e. The Labute approximate surface area is 89.0 Å². The molecule has 0 spiro atoms. The number of nitrogens with one attached hydrogen (secondary N) is 1. The lowest BCUT2D eigenvalue weighted by Crippen LogP contribution is -2.21. The van der Waals surface area contributed by atoms with Crippen molar-refractivity contribution in [2.24, 2.45) is 0 Å². The molecule has 0 aromatic rings.